The fourth-order valence-electron chi connectivity index (χ4n) is 4.38. The van der Waals surface area contributed by atoms with Crippen molar-refractivity contribution in [3.05, 3.63) is 53.6 Å². The summed E-state index contributed by atoms with van der Waals surface area (Å²) in [6.07, 6.45) is 3.11. The van der Waals surface area contributed by atoms with E-state index in [1.807, 2.05) is 47.4 Å². The minimum atomic E-state index is -0.324. The molecule has 1 unspecified atom stereocenters. The minimum Gasteiger partial charge on any atom is -0.497 e. The normalized spacial score (nSPS) is 18.2. The lowest BCUT2D eigenvalue weighted by molar-refractivity contribution is -0.137. The number of ether oxygens (including phenoxy) is 2. The highest BCUT2D eigenvalue weighted by molar-refractivity contribution is 6.01. The number of anilines is 1. The van der Waals surface area contributed by atoms with E-state index in [1.54, 1.807) is 19.1 Å². The first-order valence-electron chi connectivity index (χ1n) is 10.9. The van der Waals surface area contributed by atoms with Gasteiger partial charge in [0.15, 0.2) is 0 Å². The number of methoxy groups -OCH3 is 2. The van der Waals surface area contributed by atoms with E-state index in [0.29, 0.717) is 13.1 Å². The summed E-state index contributed by atoms with van der Waals surface area (Å²) < 4.78 is 10.9. The van der Waals surface area contributed by atoms with Gasteiger partial charge >= 0.3 is 0 Å². The summed E-state index contributed by atoms with van der Waals surface area (Å²) in [6.45, 7) is 2.98. The van der Waals surface area contributed by atoms with Gasteiger partial charge in [-0.1, -0.05) is 25.1 Å². The summed E-state index contributed by atoms with van der Waals surface area (Å²) >= 11 is 0. The van der Waals surface area contributed by atoms with Crippen LogP contribution in [0.3, 0.4) is 0 Å². The number of aryl methyl sites for hydroxylation is 1. The van der Waals surface area contributed by atoms with Crippen LogP contribution in [0.15, 0.2) is 42.5 Å². The van der Waals surface area contributed by atoms with Gasteiger partial charge in [-0.15, -0.1) is 0 Å². The molecule has 6 heteroatoms. The van der Waals surface area contributed by atoms with Gasteiger partial charge in [0, 0.05) is 36.8 Å². The van der Waals surface area contributed by atoms with E-state index in [4.69, 9.17) is 9.47 Å². The average Bonchev–Trinajstić information content (AvgIpc) is 3.57. The highest BCUT2D eigenvalue weighted by atomic mass is 16.5. The van der Waals surface area contributed by atoms with Crippen LogP contribution in [0.5, 0.6) is 11.5 Å². The van der Waals surface area contributed by atoms with Crippen molar-refractivity contribution >= 4 is 17.5 Å². The summed E-state index contributed by atoms with van der Waals surface area (Å²) in [7, 11) is 3.26. The summed E-state index contributed by atoms with van der Waals surface area (Å²) in [5.74, 6) is 1.22. The number of carbonyl (C=O) groups is 2. The van der Waals surface area contributed by atoms with Crippen molar-refractivity contribution in [1.29, 1.82) is 0 Å². The van der Waals surface area contributed by atoms with Gasteiger partial charge in [-0.3, -0.25) is 9.59 Å². The van der Waals surface area contributed by atoms with E-state index >= 15 is 0 Å². The third kappa shape index (κ3) is 4.38. The molecule has 164 valence electrons. The molecule has 0 radical (unpaired) electrons. The van der Waals surface area contributed by atoms with Crippen molar-refractivity contribution < 1.29 is 19.1 Å². The number of hydrogen-bond acceptors (Lipinski definition) is 4. The lowest BCUT2D eigenvalue weighted by Gasteiger charge is -2.27. The van der Waals surface area contributed by atoms with Crippen molar-refractivity contribution in [3.8, 4) is 11.5 Å². The maximum Gasteiger partial charge on any atom is 0.228 e. The van der Waals surface area contributed by atoms with E-state index < -0.39 is 0 Å². The van der Waals surface area contributed by atoms with Gasteiger partial charge in [-0.2, -0.15) is 0 Å². The molecule has 2 fully saturated rings. The Labute approximate surface area is 183 Å². The molecule has 1 saturated carbocycles. The lowest BCUT2D eigenvalue weighted by Crippen LogP contribution is -2.38. The Kier molecular flexibility index (Phi) is 6.16. The molecule has 2 aromatic rings. The molecular weight excluding hydrogens is 392 g/mol. The Hall–Kier alpha value is -3.02. The Morgan fingerprint density at radius 1 is 1.10 bits per heavy atom. The summed E-state index contributed by atoms with van der Waals surface area (Å²) in [5.41, 5.74) is 2.97. The highest BCUT2D eigenvalue weighted by Gasteiger charge is 2.42. The molecule has 0 aromatic heterocycles. The van der Waals surface area contributed by atoms with Crippen LogP contribution in [0, 0.1) is 5.92 Å². The fraction of sp³-hybridized carbons (Fsp3) is 0.440. The van der Waals surface area contributed by atoms with Gasteiger partial charge in [-0.25, -0.2) is 0 Å². The molecule has 4 rings (SSSR count). The predicted molar refractivity (Wildman–Crippen MR) is 119 cm³/mol. The molecule has 1 aliphatic heterocycles. The SMILES string of the molecule is CCc1ccccc1N1CC(C(=O)N(Cc2cc(OC)ccc2OC)C2CC2)CC1=O. The van der Waals surface area contributed by atoms with Crippen LogP contribution in [0.4, 0.5) is 5.69 Å². The number of benzene rings is 2. The molecule has 1 heterocycles. The Balaban J connectivity index is 1.54. The van der Waals surface area contributed by atoms with Crippen molar-refractivity contribution in [2.45, 2.75) is 45.2 Å². The second kappa shape index (κ2) is 9.00. The monoisotopic (exact) mass is 422 g/mol. The van der Waals surface area contributed by atoms with Gasteiger partial charge < -0.3 is 19.3 Å². The molecule has 0 spiro atoms. The largest absolute Gasteiger partial charge is 0.497 e. The molecule has 0 bridgehead atoms. The second-order valence-electron chi connectivity index (χ2n) is 8.26. The number of amides is 2. The molecule has 1 atom stereocenters. The van der Waals surface area contributed by atoms with Crippen LogP contribution < -0.4 is 14.4 Å². The van der Waals surface area contributed by atoms with E-state index in [-0.39, 0.29) is 30.2 Å². The van der Waals surface area contributed by atoms with Crippen LogP contribution in [-0.4, -0.2) is 43.5 Å². The van der Waals surface area contributed by atoms with Crippen molar-refractivity contribution in [2.24, 2.45) is 5.92 Å². The molecule has 1 saturated heterocycles. The number of nitrogens with zero attached hydrogens (tertiary/aromatic N) is 2. The Morgan fingerprint density at radius 2 is 1.87 bits per heavy atom. The Bertz CT molecular complexity index is 970. The first-order chi connectivity index (χ1) is 15.0. The first kappa shape index (κ1) is 21.2. The third-order valence-corrected chi connectivity index (χ3v) is 6.24. The summed E-state index contributed by atoms with van der Waals surface area (Å²) in [6, 6.07) is 13.8. The van der Waals surface area contributed by atoms with Crippen molar-refractivity contribution in [1.82, 2.24) is 4.90 Å². The van der Waals surface area contributed by atoms with Gasteiger partial charge in [0.2, 0.25) is 11.8 Å². The number of rotatable bonds is 8. The lowest BCUT2D eigenvalue weighted by atomic mass is 10.1. The molecule has 2 amide bonds. The van der Waals surface area contributed by atoms with Crippen LogP contribution in [0.2, 0.25) is 0 Å². The van der Waals surface area contributed by atoms with Crippen LogP contribution in [0.25, 0.3) is 0 Å². The average molecular weight is 423 g/mol. The smallest absolute Gasteiger partial charge is 0.228 e. The van der Waals surface area contributed by atoms with Crippen molar-refractivity contribution in [3.63, 3.8) is 0 Å². The molecule has 2 aromatic carbocycles. The number of para-hydroxylation sites is 1. The molecule has 31 heavy (non-hydrogen) atoms. The topological polar surface area (TPSA) is 59.1 Å². The second-order valence-corrected chi connectivity index (χ2v) is 8.26. The van der Waals surface area contributed by atoms with Crippen LogP contribution in [-0.2, 0) is 22.6 Å². The van der Waals surface area contributed by atoms with Crippen molar-refractivity contribution in [2.75, 3.05) is 25.7 Å². The van der Waals surface area contributed by atoms with E-state index in [2.05, 4.69) is 6.92 Å². The number of hydrogen-bond donors (Lipinski definition) is 0. The zero-order valence-corrected chi connectivity index (χ0v) is 18.5. The fourth-order valence-corrected chi connectivity index (χ4v) is 4.38. The van der Waals surface area contributed by atoms with Gasteiger partial charge in [0.25, 0.3) is 0 Å². The molecule has 1 aliphatic carbocycles. The van der Waals surface area contributed by atoms with Crippen LogP contribution >= 0.6 is 0 Å². The maximum absolute atomic E-state index is 13.5. The molecule has 6 nitrogen and oxygen atoms in total. The third-order valence-electron chi connectivity index (χ3n) is 6.24. The Morgan fingerprint density at radius 3 is 2.55 bits per heavy atom. The molecular formula is C25H30N2O4. The van der Waals surface area contributed by atoms with E-state index in [0.717, 1.165) is 47.6 Å². The highest BCUT2D eigenvalue weighted by Crippen LogP contribution is 2.35. The zero-order chi connectivity index (χ0) is 22.0. The quantitative estimate of drug-likeness (QED) is 0.649. The van der Waals surface area contributed by atoms with E-state index in [1.165, 1.54) is 0 Å². The van der Waals surface area contributed by atoms with Crippen LogP contribution in [0.1, 0.15) is 37.3 Å². The van der Waals surface area contributed by atoms with Gasteiger partial charge in [-0.05, 0) is 49.1 Å². The van der Waals surface area contributed by atoms with E-state index in [9.17, 15) is 9.59 Å². The maximum atomic E-state index is 13.5. The summed E-state index contributed by atoms with van der Waals surface area (Å²) in [5, 5.41) is 0. The molecule has 2 aliphatic rings. The summed E-state index contributed by atoms with van der Waals surface area (Å²) in [4.78, 5) is 30.1. The number of carbonyl (C=O) groups excluding carboxylic acids is 2. The minimum absolute atomic E-state index is 0.0222. The standard InChI is InChI=1S/C25H30N2O4/c1-4-17-7-5-6-8-22(17)27-16-19(14-24(27)28)25(29)26(20-9-10-20)15-18-13-21(30-2)11-12-23(18)31-3/h5-8,11-13,19-20H,4,9-10,14-16H2,1-3H3. The zero-order valence-electron chi connectivity index (χ0n) is 18.5. The predicted octanol–water partition coefficient (Wildman–Crippen LogP) is 3.81. The first-order valence-corrected chi connectivity index (χ1v) is 10.9. The van der Waals surface area contributed by atoms with Gasteiger partial charge in [0.1, 0.15) is 11.5 Å². The van der Waals surface area contributed by atoms with Gasteiger partial charge in [0.05, 0.1) is 20.1 Å². The molecule has 0 N–H and O–H groups in total.